The van der Waals surface area contributed by atoms with Crippen LogP contribution in [-0.2, 0) is 6.42 Å². The van der Waals surface area contributed by atoms with E-state index in [1.807, 2.05) is 24.4 Å². The first kappa shape index (κ1) is 16.0. The maximum absolute atomic E-state index is 13.4. The molecule has 5 nitrogen and oxygen atoms in total. The molecule has 2 heterocycles. The van der Waals surface area contributed by atoms with Gasteiger partial charge in [-0.25, -0.2) is 4.39 Å². The molecule has 0 unspecified atom stereocenters. The van der Waals surface area contributed by atoms with Crippen molar-refractivity contribution in [2.45, 2.75) is 6.42 Å². The number of ether oxygens (including phenoxy) is 1. The third-order valence-corrected chi connectivity index (χ3v) is 4.63. The number of aromatic nitrogens is 3. The normalized spacial score (nSPS) is 11.4. The van der Waals surface area contributed by atoms with Crippen molar-refractivity contribution in [3.63, 3.8) is 0 Å². The third kappa shape index (κ3) is 3.47. The summed E-state index contributed by atoms with van der Waals surface area (Å²) in [4.78, 5) is 3.17. The number of H-pyrrole nitrogens is 1. The van der Waals surface area contributed by atoms with E-state index < -0.39 is 0 Å². The molecule has 0 aliphatic rings. The first-order valence-corrected chi connectivity index (χ1v) is 8.84. The largest absolute Gasteiger partial charge is 0.490 e. The van der Waals surface area contributed by atoms with E-state index >= 15 is 0 Å². The number of aromatic amines is 1. The van der Waals surface area contributed by atoms with Gasteiger partial charge in [-0.15, -0.1) is 0 Å². The highest BCUT2D eigenvalue weighted by Crippen LogP contribution is 2.23. The standard InChI is InChI=1S/C18H17FN4OS/c19-13-4-5-15-14(10-13)12(11-21-15)6-7-20-8-9-24-17-3-1-2-16-18(17)23-25-22-16/h1-5,10-11,20-21H,6-9H2. The van der Waals surface area contributed by atoms with Crippen molar-refractivity contribution in [3.05, 3.63) is 54.0 Å². The molecule has 2 aromatic heterocycles. The van der Waals surface area contributed by atoms with Crippen LogP contribution in [-0.4, -0.2) is 33.4 Å². The van der Waals surface area contributed by atoms with Crippen molar-refractivity contribution in [2.75, 3.05) is 19.7 Å². The zero-order chi connectivity index (χ0) is 17.1. The molecule has 0 saturated heterocycles. The molecule has 0 saturated carbocycles. The zero-order valence-electron chi connectivity index (χ0n) is 13.5. The zero-order valence-corrected chi connectivity index (χ0v) is 14.3. The molecule has 128 valence electrons. The average molecular weight is 356 g/mol. The topological polar surface area (TPSA) is 62.8 Å². The molecular weight excluding hydrogens is 339 g/mol. The van der Waals surface area contributed by atoms with Crippen molar-refractivity contribution < 1.29 is 9.13 Å². The summed E-state index contributed by atoms with van der Waals surface area (Å²) in [6, 6.07) is 10.6. The lowest BCUT2D eigenvalue weighted by molar-refractivity contribution is 0.317. The summed E-state index contributed by atoms with van der Waals surface area (Å²) in [5, 5.41) is 4.29. The van der Waals surface area contributed by atoms with Gasteiger partial charge in [-0.05, 0) is 48.9 Å². The Kier molecular flexibility index (Phi) is 4.58. The SMILES string of the molecule is Fc1ccc2[nH]cc(CCNCCOc3cccc4nsnc34)c2c1. The summed E-state index contributed by atoms with van der Waals surface area (Å²) in [5.41, 5.74) is 3.75. The molecule has 4 rings (SSSR count). The van der Waals surface area contributed by atoms with E-state index in [9.17, 15) is 4.39 Å². The van der Waals surface area contributed by atoms with Crippen molar-refractivity contribution in [3.8, 4) is 5.75 Å². The van der Waals surface area contributed by atoms with Crippen LogP contribution in [0.1, 0.15) is 5.56 Å². The van der Waals surface area contributed by atoms with Gasteiger partial charge in [0.15, 0.2) is 0 Å². The molecule has 25 heavy (non-hydrogen) atoms. The smallest absolute Gasteiger partial charge is 0.148 e. The molecule has 4 aromatic rings. The minimum Gasteiger partial charge on any atom is -0.490 e. The molecule has 0 aliphatic carbocycles. The number of fused-ring (bicyclic) bond motifs is 2. The Morgan fingerprint density at radius 2 is 2.12 bits per heavy atom. The maximum Gasteiger partial charge on any atom is 0.148 e. The second-order valence-corrected chi connectivity index (χ2v) is 6.27. The minimum absolute atomic E-state index is 0.208. The van der Waals surface area contributed by atoms with Crippen LogP contribution >= 0.6 is 11.7 Å². The second kappa shape index (κ2) is 7.16. The lowest BCUT2D eigenvalue weighted by Crippen LogP contribution is -2.23. The van der Waals surface area contributed by atoms with Crippen molar-refractivity contribution in [1.82, 2.24) is 19.0 Å². The first-order valence-electron chi connectivity index (χ1n) is 8.11. The summed E-state index contributed by atoms with van der Waals surface area (Å²) >= 11 is 1.19. The van der Waals surface area contributed by atoms with Gasteiger partial charge in [0.1, 0.15) is 29.2 Å². The molecule has 2 N–H and O–H groups in total. The van der Waals surface area contributed by atoms with E-state index in [1.165, 1.54) is 17.8 Å². The van der Waals surface area contributed by atoms with Gasteiger partial charge >= 0.3 is 0 Å². The Morgan fingerprint density at radius 1 is 1.16 bits per heavy atom. The Morgan fingerprint density at radius 3 is 3.08 bits per heavy atom. The lowest BCUT2D eigenvalue weighted by atomic mass is 10.1. The number of benzene rings is 2. The van der Waals surface area contributed by atoms with Gasteiger partial charge in [0.05, 0.1) is 11.7 Å². The predicted molar refractivity (Wildman–Crippen MR) is 97.7 cm³/mol. The molecule has 0 fully saturated rings. The van der Waals surface area contributed by atoms with Crippen LogP contribution < -0.4 is 10.1 Å². The quantitative estimate of drug-likeness (QED) is 0.497. The third-order valence-electron chi connectivity index (χ3n) is 4.09. The van der Waals surface area contributed by atoms with Gasteiger partial charge in [0.25, 0.3) is 0 Å². The van der Waals surface area contributed by atoms with Gasteiger partial charge < -0.3 is 15.0 Å². The van der Waals surface area contributed by atoms with Crippen LogP contribution in [0.5, 0.6) is 5.75 Å². The number of rotatable bonds is 7. The Bertz CT molecular complexity index is 997. The number of nitrogens with zero attached hydrogens (tertiary/aromatic N) is 2. The first-order chi connectivity index (χ1) is 12.3. The highest BCUT2D eigenvalue weighted by molar-refractivity contribution is 7.00. The summed E-state index contributed by atoms with van der Waals surface area (Å²) in [5.74, 6) is 0.556. The molecule has 0 spiro atoms. The predicted octanol–water partition coefficient (Wildman–Crippen LogP) is 3.52. The molecule has 2 aromatic carbocycles. The average Bonchev–Trinajstić information content (AvgIpc) is 3.25. The van der Waals surface area contributed by atoms with Crippen LogP contribution in [0.15, 0.2) is 42.6 Å². The van der Waals surface area contributed by atoms with Crippen LogP contribution in [0, 0.1) is 5.82 Å². The minimum atomic E-state index is -0.208. The van der Waals surface area contributed by atoms with E-state index in [-0.39, 0.29) is 5.82 Å². The van der Waals surface area contributed by atoms with E-state index in [1.54, 1.807) is 12.1 Å². The van der Waals surface area contributed by atoms with Crippen molar-refractivity contribution in [1.29, 1.82) is 0 Å². The number of hydrogen-bond donors (Lipinski definition) is 2. The molecule has 0 aliphatic heterocycles. The van der Waals surface area contributed by atoms with Gasteiger partial charge in [0, 0.05) is 23.6 Å². The van der Waals surface area contributed by atoms with Crippen LogP contribution in [0.3, 0.4) is 0 Å². The van der Waals surface area contributed by atoms with E-state index in [0.717, 1.165) is 52.8 Å². The molecule has 0 bridgehead atoms. The Hall–Kier alpha value is -2.51. The van der Waals surface area contributed by atoms with E-state index in [2.05, 4.69) is 19.0 Å². The van der Waals surface area contributed by atoms with Crippen LogP contribution in [0.2, 0.25) is 0 Å². The monoisotopic (exact) mass is 356 g/mol. The highest BCUT2D eigenvalue weighted by atomic mass is 32.1. The van der Waals surface area contributed by atoms with Gasteiger partial charge in [-0.3, -0.25) is 0 Å². The molecule has 0 amide bonds. The fourth-order valence-electron chi connectivity index (χ4n) is 2.84. The van der Waals surface area contributed by atoms with Gasteiger partial charge in [-0.2, -0.15) is 8.75 Å². The van der Waals surface area contributed by atoms with Crippen LogP contribution in [0.4, 0.5) is 4.39 Å². The Labute approximate surface area is 148 Å². The maximum atomic E-state index is 13.4. The highest BCUT2D eigenvalue weighted by Gasteiger charge is 2.06. The van der Waals surface area contributed by atoms with E-state index in [4.69, 9.17) is 4.74 Å². The Balaban J connectivity index is 1.26. The van der Waals surface area contributed by atoms with Crippen LogP contribution in [0.25, 0.3) is 21.9 Å². The summed E-state index contributed by atoms with van der Waals surface area (Å²) < 4.78 is 27.6. The fourth-order valence-corrected chi connectivity index (χ4v) is 3.38. The number of hydrogen-bond acceptors (Lipinski definition) is 5. The summed E-state index contributed by atoms with van der Waals surface area (Å²) in [6.07, 6.45) is 2.77. The molecule has 0 atom stereocenters. The van der Waals surface area contributed by atoms with Crippen molar-refractivity contribution in [2.24, 2.45) is 0 Å². The second-order valence-electron chi connectivity index (χ2n) is 5.74. The van der Waals surface area contributed by atoms with Gasteiger partial charge in [0.2, 0.25) is 0 Å². The van der Waals surface area contributed by atoms with Crippen molar-refractivity contribution >= 4 is 33.7 Å². The fraction of sp³-hybridized carbons (Fsp3) is 0.222. The number of halogens is 1. The molecule has 7 heteroatoms. The molecule has 0 radical (unpaired) electrons. The summed E-state index contributed by atoms with van der Waals surface area (Å²) in [7, 11) is 0. The van der Waals surface area contributed by atoms with E-state index in [0.29, 0.717) is 6.61 Å². The number of nitrogens with one attached hydrogen (secondary N) is 2. The molecular formula is C18H17FN4OS. The van der Waals surface area contributed by atoms with Gasteiger partial charge in [-0.1, -0.05) is 6.07 Å². The summed E-state index contributed by atoms with van der Waals surface area (Å²) in [6.45, 7) is 2.08. The lowest BCUT2D eigenvalue weighted by Gasteiger charge is -2.07.